The van der Waals surface area contributed by atoms with E-state index >= 15 is 0 Å². The lowest BCUT2D eigenvalue weighted by Gasteiger charge is -1.96. The van der Waals surface area contributed by atoms with E-state index in [4.69, 9.17) is 4.52 Å². The van der Waals surface area contributed by atoms with Crippen molar-refractivity contribution < 1.29 is 4.52 Å². The number of aromatic amines is 1. The number of hydrogen-bond acceptors (Lipinski definition) is 5. The van der Waals surface area contributed by atoms with Crippen LogP contribution in [0.25, 0.3) is 23.1 Å². The second-order valence-electron chi connectivity index (χ2n) is 3.81. The Morgan fingerprint density at radius 1 is 1.22 bits per heavy atom. The Hall–Kier alpha value is -2.50. The molecule has 6 nitrogen and oxygen atoms in total. The maximum absolute atomic E-state index is 5.20. The van der Waals surface area contributed by atoms with E-state index in [2.05, 4.69) is 32.2 Å². The average molecular weight is 241 g/mol. The van der Waals surface area contributed by atoms with E-state index in [1.165, 1.54) is 11.9 Å². The Balaban J connectivity index is 1.92. The standard InChI is InChI=1S/C12H11N5O/c1-2-8-3-5-9(6-4-8)12-15-11(17-18-12)10-13-7-14-16-10/h3-7H,2H2,1H3,(H,13,14,16). The molecule has 0 aliphatic carbocycles. The first-order valence-electron chi connectivity index (χ1n) is 5.65. The summed E-state index contributed by atoms with van der Waals surface area (Å²) in [6.45, 7) is 2.11. The minimum atomic E-state index is 0.405. The van der Waals surface area contributed by atoms with Gasteiger partial charge in [0.05, 0.1) is 0 Å². The lowest BCUT2D eigenvalue weighted by molar-refractivity contribution is 0.432. The van der Waals surface area contributed by atoms with Gasteiger partial charge in [0.15, 0.2) is 5.82 Å². The van der Waals surface area contributed by atoms with Crippen LogP contribution in [0.5, 0.6) is 0 Å². The number of nitrogens with one attached hydrogen (secondary N) is 1. The van der Waals surface area contributed by atoms with Crippen LogP contribution in [0.1, 0.15) is 12.5 Å². The van der Waals surface area contributed by atoms with E-state index in [1.54, 1.807) is 0 Å². The summed E-state index contributed by atoms with van der Waals surface area (Å²) in [6, 6.07) is 8.04. The van der Waals surface area contributed by atoms with Crippen LogP contribution in [0.2, 0.25) is 0 Å². The predicted molar refractivity (Wildman–Crippen MR) is 64.5 cm³/mol. The number of rotatable bonds is 3. The van der Waals surface area contributed by atoms with Crippen molar-refractivity contribution >= 4 is 0 Å². The van der Waals surface area contributed by atoms with Crippen LogP contribution in [-0.4, -0.2) is 25.3 Å². The molecular formula is C12H11N5O. The number of aryl methyl sites for hydroxylation is 1. The molecule has 0 radical (unpaired) electrons. The molecule has 1 N–H and O–H groups in total. The van der Waals surface area contributed by atoms with E-state index in [1.807, 2.05) is 24.3 Å². The van der Waals surface area contributed by atoms with E-state index in [9.17, 15) is 0 Å². The van der Waals surface area contributed by atoms with Gasteiger partial charge in [0.25, 0.3) is 5.89 Å². The van der Waals surface area contributed by atoms with Gasteiger partial charge in [-0.3, -0.25) is 5.10 Å². The highest BCUT2D eigenvalue weighted by Gasteiger charge is 2.12. The van der Waals surface area contributed by atoms with Crippen molar-refractivity contribution in [2.45, 2.75) is 13.3 Å². The summed E-state index contributed by atoms with van der Waals surface area (Å²) in [5, 5.41) is 10.3. The molecule has 3 aromatic rings. The maximum atomic E-state index is 5.20. The van der Waals surface area contributed by atoms with Gasteiger partial charge in [0.2, 0.25) is 5.82 Å². The molecule has 0 bridgehead atoms. The first-order chi connectivity index (χ1) is 8.86. The Bertz CT molecular complexity index is 627. The minimum Gasteiger partial charge on any atom is -0.334 e. The lowest BCUT2D eigenvalue weighted by atomic mass is 10.1. The van der Waals surface area contributed by atoms with Gasteiger partial charge in [0.1, 0.15) is 6.33 Å². The summed E-state index contributed by atoms with van der Waals surface area (Å²) in [7, 11) is 0. The lowest BCUT2D eigenvalue weighted by Crippen LogP contribution is -1.84. The summed E-state index contributed by atoms with van der Waals surface area (Å²) in [5.74, 6) is 1.38. The van der Waals surface area contributed by atoms with Gasteiger partial charge in [-0.05, 0) is 24.1 Å². The zero-order valence-corrected chi connectivity index (χ0v) is 9.79. The molecule has 0 aliphatic heterocycles. The third-order valence-electron chi connectivity index (χ3n) is 2.66. The van der Waals surface area contributed by atoms with Gasteiger partial charge >= 0.3 is 0 Å². The first kappa shape index (κ1) is 10.6. The summed E-state index contributed by atoms with van der Waals surface area (Å²) >= 11 is 0. The predicted octanol–water partition coefficient (Wildman–Crippen LogP) is 2.08. The molecule has 2 aromatic heterocycles. The molecule has 6 heteroatoms. The summed E-state index contributed by atoms with van der Waals surface area (Å²) in [5.41, 5.74) is 2.17. The SMILES string of the molecule is CCc1ccc(-c2nc(-c3ncn[nH]3)no2)cc1. The normalized spacial score (nSPS) is 10.7. The van der Waals surface area contributed by atoms with Crippen LogP contribution in [0.3, 0.4) is 0 Å². The molecule has 0 amide bonds. The van der Waals surface area contributed by atoms with Gasteiger partial charge in [-0.2, -0.15) is 10.1 Å². The summed E-state index contributed by atoms with van der Waals surface area (Å²) in [6.07, 6.45) is 2.41. The zero-order chi connectivity index (χ0) is 12.4. The van der Waals surface area contributed by atoms with E-state index in [-0.39, 0.29) is 0 Å². The largest absolute Gasteiger partial charge is 0.334 e. The molecule has 0 atom stereocenters. The van der Waals surface area contributed by atoms with Crippen LogP contribution in [0.4, 0.5) is 0 Å². The maximum Gasteiger partial charge on any atom is 0.258 e. The molecule has 0 fully saturated rings. The molecular weight excluding hydrogens is 230 g/mol. The van der Waals surface area contributed by atoms with Crippen molar-refractivity contribution in [1.29, 1.82) is 0 Å². The Kier molecular flexibility index (Phi) is 2.60. The molecule has 0 spiro atoms. The molecule has 3 rings (SSSR count). The fourth-order valence-electron chi connectivity index (χ4n) is 1.63. The fourth-order valence-corrected chi connectivity index (χ4v) is 1.63. The monoisotopic (exact) mass is 241 g/mol. The van der Waals surface area contributed by atoms with Crippen molar-refractivity contribution in [2.75, 3.05) is 0 Å². The highest BCUT2D eigenvalue weighted by Crippen LogP contribution is 2.20. The van der Waals surface area contributed by atoms with Crippen molar-refractivity contribution in [1.82, 2.24) is 25.3 Å². The van der Waals surface area contributed by atoms with E-state index < -0.39 is 0 Å². The Morgan fingerprint density at radius 3 is 2.72 bits per heavy atom. The topological polar surface area (TPSA) is 80.5 Å². The van der Waals surface area contributed by atoms with Gasteiger partial charge in [0, 0.05) is 5.56 Å². The quantitative estimate of drug-likeness (QED) is 0.759. The van der Waals surface area contributed by atoms with Crippen LogP contribution >= 0.6 is 0 Å². The molecule has 18 heavy (non-hydrogen) atoms. The van der Waals surface area contributed by atoms with Gasteiger partial charge in [-0.25, -0.2) is 4.98 Å². The number of nitrogens with zero attached hydrogens (tertiary/aromatic N) is 4. The molecule has 0 saturated carbocycles. The molecule has 1 aromatic carbocycles. The third kappa shape index (κ3) is 1.88. The van der Waals surface area contributed by atoms with Gasteiger partial charge in [-0.15, -0.1) is 0 Å². The summed E-state index contributed by atoms with van der Waals surface area (Å²) in [4.78, 5) is 8.24. The van der Waals surface area contributed by atoms with Crippen molar-refractivity contribution in [3.05, 3.63) is 36.2 Å². The Labute approximate surface area is 103 Å². The highest BCUT2D eigenvalue weighted by molar-refractivity contribution is 5.56. The van der Waals surface area contributed by atoms with Gasteiger partial charge in [-0.1, -0.05) is 24.2 Å². The Morgan fingerprint density at radius 2 is 2.06 bits per heavy atom. The molecule has 0 saturated heterocycles. The fraction of sp³-hybridized carbons (Fsp3) is 0.167. The van der Waals surface area contributed by atoms with Crippen molar-refractivity contribution in [2.24, 2.45) is 0 Å². The smallest absolute Gasteiger partial charge is 0.258 e. The number of benzene rings is 1. The van der Waals surface area contributed by atoms with Crippen molar-refractivity contribution in [3.63, 3.8) is 0 Å². The number of H-pyrrole nitrogens is 1. The van der Waals surface area contributed by atoms with Crippen molar-refractivity contribution in [3.8, 4) is 23.1 Å². The highest BCUT2D eigenvalue weighted by atomic mass is 16.5. The van der Waals surface area contributed by atoms with Crippen LogP contribution in [0.15, 0.2) is 35.1 Å². The van der Waals surface area contributed by atoms with Crippen LogP contribution in [-0.2, 0) is 6.42 Å². The van der Waals surface area contributed by atoms with Gasteiger partial charge < -0.3 is 4.52 Å². The number of hydrogen-bond donors (Lipinski definition) is 1. The third-order valence-corrected chi connectivity index (χ3v) is 2.66. The minimum absolute atomic E-state index is 0.405. The first-order valence-corrected chi connectivity index (χ1v) is 5.65. The molecule has 0 unspecified atom stereocenters. The zero-order valence-electron chi connectivity index (χ0n) is 9.79. The molecule has 0 aliphatic rings. The second kappa shape index (κ2) is 4.40. The van der Waals surface area contributed by atoms with E-state index in [0.717, 1.165) is 12.0 Å². The molecule has 90 valence electrons. The van der Waals surface area contributed by atoms with Crippen LogP contribution in [0, 0.1) is 0 Å². The van der Waals surface area contributed by atoms with Crippen LogP contribution < -0.4 is 0 Å². The summed E-state index contributed by atoms with van der Waals surface area (Å²) < 4.78 is 5.20. The second-order valence-corrected chi connectivity index (χ2v) is 3.81. The number of aromatic nitrogens is 5. The average Bonchev–Trinajstić information content (AvgIpc) is 3.09. The molecule has 2 heterocycles. The van der Waals surface area contributed by atoms with E-state index in [0.29, 0.717) is 17.5 Å².